The van der Waals surface area contributed by atoms with Gasteiger partial charge in [-0.2, -0.15) is 0 Å². The van der Waals surface area contributed by atoms with Crippen LogP contribution in [0.3, 0.4) is 0 Å². The molecule has 5 heteroatoms. The van der Waals surface area contributed by atoms with E-state index in [0.717, 1.165) is 61.9 Å². The highest BCUT2D eigenvalue weighted by Crippen LogP contribution is 2.29. The van der Waals surface area contributed by atoms with E-state index in [0.29, 0.717) is 0 Å². The summed E-state index contributed by atoms with van der Waals surface area (Å²) in [6.07, 6.45) is 2.40. The third-order valence-electron chi connectivity index (χ3n) is 3.97. The molecular weight excluding hydrogens is 252 g/mol. The van der Waals surface area contributed by atoms with Crippen molar-refractivity contribution in [2.75, 3.05) is 29.9 Å². The Kier molecular flexibility index (Phi) is 4.48. The molecule has 0 amide bonds. The van der Waals surface area contributed by atoms with E-state index in [1.54, 1.807) is 0 Å². The second kappa shape index (κ2) is 5.95. The molecule has 0 aromatic carbocycles. The Morgan fingerprint density at radius 3 is 2.45 bits per heavy atom. The van der Waals surface area contributed by atoms with Gasteiger partial charge in [-0.05, 0) is 33.6 Å². The lowest BCUT2D eigenvalue weighted by molar-refractivity contribution is 0.0350. The van der Waals surface area contributed by atoms with Gasteiger partial charge < -0.3 is 15.3 Å². The largest absolute Gasteiger partial charge is 0.390 e. The first kappa shape index (κ1) is 15.0. The molecule has 1 aromatic rings. The van der Waals surface area contributed by atoms with Crippen LogP contribution in [0, 0.1) is 6.92 Å². The van der Waals surface area contributed by atoms with E-state index in [1.807, 2.05) is 6.92 Å². The molecule has 20 heavy (non-hydrogen) atoms. The molecule has 0 aliphatic carbocycles. The summed E-state index contributed by atoms with van der Waals surface area (Å²) in [6, 6.07) is 0. The second-order valence-electron chi connectivity index (χ2n) is 5.80. The molecule has 0 radical (unpaired) electrons. The fraction of sp³-hybridized carbons (Fsp3) is 0.733. The first-order valence-corrected chi connectivity index (χ1v) is 7.55. The smallest absolute Gasteiger partial charge is 0.137 e. The minimum atomic E-state index is -0.532. The quantitative estimate of drug-likeness (QED) is 0.883. The molecule has 1 aromatic heterocycles. The van der Waals surface area contributed by atoms with Gasteiger partial charge in [0.1, 0.15) is 17.5 Å². The standard InChI is InChI=1S/C15H26N4O/c1-5-12-17-13(16-6-2)11(3)14(18-12)19-9-7-15(4,20)8-10-19/h20H,5-10H2,1-4H3,(H,16,17,18). The zero-order valence-electron chi connectivity index (χ0n) is 13.0. The molecule has 0 spiro atoms. The lowest BCUT2D eigenvalue weighted by Crippen LogP contribution is -2.43. The predicted octanol–water partition coefficient (Wildman–Crippen LogP) is 2.13. The summed E-state index contributed by atoms with van der Waals surface area (Å²) in [5, 5.41) is 13.4. The van der Waals surface area contributed by atoms with E-state index >= 15 is 0 Å². The van der Waals surface area contributed by atoms with E-state index in [2.05, 4.69) is 36.0 Å². The van der Waals surface area contributed by atoms with Crippen LogP contribution in [-0.2, 0) is 6.42 Å². The van der Waals surface area contributed by atoms with Crippen molar-refractivity contribution < 1.29 is 5.11 Å². The minimum absolute atomic E-state index is 0.532. The lowest BCUT2D eigenvalue weighted by atomic mass is 9.94. The number of anilines is 2. The van der Waals surface area contributed by atoms with Gasteiger partial charge in [-0.1, -0.05) is 6.92 Å². The number of hydrogen-bond acceptors (Lipinski definition) is 5. The topological polar surface area (TPSA) is 61.3 Å². The van der Waals surface area contributed by atoms with Gasteiger partial charge in [0, 0.05) is 31.6 Å². The summed E-state index contributed by atoms with van der Waals surface area (Å²) < 4.78 is 0. The Hall–Kier alpha value is -1.36. The summed E-state index contributed by atoms with van der Waals surface area (Å²) in [4.78, 5) is 11.5. The van der Waals surface area contributed by atoms with Crippen LogP contribution in [0.5, 0.6) is 0 Å². The van der Waals surface area contributed by atoms with Crippen LogP contribution in [0.4, 0.5) is 11.6 Å². The molecule has 2 rings (SSSR count). The number of nitrogens with zero attached hydrogens (tertiary/aromatic N) is 3. The molecule has 1 fully saturated rings. The molecular formula is C15H26N4O. The number of piperidine rings is 1. The van der Waals surface area contributed by atoms with Crippen molar-refractivity contribution >= 4 is 11.6 Å². The zero-order valence-corrected chi connectivity index (χ0v) is 13.0. The molecule has 112 valence electrons. The molecule has 2 heterocycles. The van der Waals surface area contributed by atoms with Crippen LogP contribution in [-0.4, -0.2) is 40.3 Å². The molecule has 0 saturated carbocycles. The van der Waals surface area contributed by atoms with Crippen molar-refractivity contribution in [3.8, 4) is 0 Å². The van der Waals surface area contributed by atoms with Gasteiger partial charge in [0.05, 0.1) is 5.60 Å². The molecule has 0 atom stereocenters. The first-order chi connectivity index (χ1) is 9.46. The SMILES string of the molecule is CCNc1nc(CC)nc(N2CCC(C)(O)CC2)c1C. The average Bonchev–Trinajstić information content (AvgIpc) is 2.42. The summed E-state index contributed by atoms with van der Waals surface area (Å²) >= 11 is 0. The van der Waals surface area contributed by atoms with Crippen LogP contribution < -0.4 is 10.2 Å². The Balaban J connectivity index is 2.28. The summed E-state index contributed by atoms with van der Waals surface area (Å²) in [5.74, 6) is 2.83. The van der Waals surface area contributed by atoms with Crippen molar-refractivity contribution in [1.82, 2.24) is 9.97 Å². The van der Waals surface area contributed by atoms with E-state index < -0.39 is 5.60 Å². The van der Waals surface area contributed by atoms with Gasteiger partial charge in [-0.25, -0.2) is 9.97 Å². The van der Waals surface area contributed by atoms with Crippen molar-refractivity contribution in [3.05, 3.63) is 11.4 Å². The number of aromatic nitrogens is 2. The molecule has 1 aliphatic rings. The van der Waals surface area contributed by atoms with Crippen LogP contribution >= 0.6 is 0 Å². The lowest BCUT2D eigenvalue weighted by Gasteiger charge is -2.37. The monoisotopic (exact) mass is 278 g/mol. The van der Waals surface area contributed by atoms with E-state index in [4.69, 9.17) is 4.98 Å². The van der Waals surface area contributed by atoms with Gasteiger partial charge in [-0.3, -0.25) is 0 Å². The molecule has 0 bridgehead atoms. The van der Waals surface area contributed by atoms with Crippen molar-refractivity contribution in [2.45, 2.75) is 52.6 Å². The van der Waals surface area contributed by atoms with E-state index in [9.17, 15) is 5.11 Å². The van der Waals surface area contributed by atoms with Gasteiger partial charge >= 0.3 is 0 Å². The number of nitrogens with one attached hydrogen (secondary N) is 1. The van der Waals surface area contributed by atoms with Crippen LogP contribution in [0.15, 0.2) is 0 Å². The van der Waals surface area contributed by atoms with Gasteiger partial charge in [-0.15, -0.1) is 0 Å². The van der Waals surface area contributed by atoms with Gasteiger partial charge in [0.25, 0.3) is 0 Å². The van der Waals surface area contributed by atoms with Gasteiger partial charge in [0.15, 0.2) is 0 Å². The zero-order chi connectivity index (χ0) is 14.8. The Morgan fingerprint density at radius 1 is 1.25 bits per heavy atom. The summed E-state index contributed by atoms with van der Waals surface area (Å²) in [6.45, 7) is 10.7. The van der Waals surface area contributed by atoms with Crippen LogP contribution in [0.1, 0.15) is 45.0 Å². The molecule has 1 aliphatic heterocycles. The van der Waals surface area contributed by atoms with Crippen LogP contribution in [0.2, 0.25) is 0 Å². The van der Waals surface area contributed by atoms with Crippen LogP contribution in [0.25, 0.3) is 0 Å². The average molecular weight is 278 g/mol. The Labute approximate surface area is 121 Å². The Bertz CT molecular complexity index is 463. The maximum absolute atomic E-state index is 10.1. The van der Waals surface area contributed by atoms with Crippen molar-refractivity contribution in [1.29, 1.82) is 0 Å². The number of hydrogen-bond donors (Lipinski definition) is 2. The fourth-order valence-electron chi connectivity index (χ4n) is 2.56. The molecule has 0 unspecified atom stereocenters. The molecule has 2 N–H and O–H groups in total. The maximum Gasteiger partial charge on any atom is 0.137 e. The van der Waals surface area contributed by atoms with E-state index in [1.165, 1.54) is 0 Å². The summed E-state index contributed by atoms with van der Waals surface area (Å²) in [5.41, 5.74) is 0.570. The normalized spacial score (nSPS) is 18.1. The number of rotatable bonds is 4. The van der Waals surface area contributed by atoms with Crippen molar-refractivity contribution in [3.63, 3.8) is 0 Å². The minimum Gasteiger partial charge on any atom is -0.390 e. The first-order valence-electron chi connectivity index (χ1n) is 7.55. The predicted molar refractivity (Wildman–Crippen MR) is 82.4 cm³/mol. The fourth-order valence-corrected chi connectivity index (χ4v) is 2.56. The third-order valence-corrected chi connectivity index (χ3v) is 3.97. The molecule has 5 nitrogen and oxygen atoms in total. The summed E-state index contributed by atoms with van der Waals surface area (Å²) in [7, 11) is 0. The highest BCUT2D eigenvalue weighted by atomic mass is 16.3. The highest BCUT2D eigenvalue weighted by Gasteiger charge is 2.29. The van der Waals surface area contributed by atoms with E-state index in [-0.39, 0.29) is 0 Å². The maximum atomic E-state index is 10.1. The third kappa shape index (κ3) is 3.20. The van der Waals surface area contributed by atoms with Crippen molar-refractivity contribution in [2.24, 2.45) is 0 Å². The Morgan fingerprint density at radius 2 is 1.90 bits per heavy atom. The molecule has 1 saturated heterocycles. The van der Waals surface area contributed by atoms with Gasteiger partial charge in [0.2, 0.25) is 0 Å². The second-order valence-corrected chi connectivity index (χ2v) is 5.80. The number of aryl methyl sites for hydroxylation is 1. The highest BCUT2D eigenvalue weighted by molar-refractivity contribution is 5.59. The number of aliphatic hydroxyl groups is 1.